The first-order valence-corrected chi connectivity index (χ1v) is 11.4. The molecular weight excluding hydrogens is 391 g/mol. The quantitative estimate of drug-likeness (QED) is 0.706. The Balaban J connectivity index is 2.26. The van der Waals surface area contributed by atoms with E-state index >= 15 is 0 Å². The molecule has 0 aromatic carbocycles. The van der Waals surface area contributed by atoms with Gasteiger partial charge in [0.25, 0.3) is 5.56 Å². The van der Waals surface area contributed by atoms with Crippen LogP contribution in [0.2, 0.25) is 0 Å². The van der Waals surface area contributed by atoms with E-state index in [2.05, 4.69) is 25.8 Å². The average Bonchev–Trinajstić information content (AvgIpc) is 2.75. The van der Waals surface area contributed by atoms with Crippen LogP contribution in [0.4, 0.5) is 0 Å². The Labute approximate surface area is 164 Å². The molecule has 1 aliphatic rings. The Kier molecular flexibility index (Phi) is 6.56. The first-order chi connectivity index (χ1) is 12.2. The largest absolute Gasteiger partial charge is 0.352 e. The van der Waals surface area contributed by atoms with Gasteiger partial charge in [-0.05, 0) is 44.4 Å². The molecule has 154 valence electrons. The van der Waals surface area contributed by atoms with Crippen LogP contribution in [-0.2, 0) is 25.6 Å². The normalized spacial score (nSPS) is 26.1. The van der Waals surface area contributed by atoms with E-state index in [4.69, 9.17) is 25.6 Å². The maximum Gasteiger partial charge on any atom is 0.330 e. The zero-order valence-corrected chi connectivity index (χ0v) is 18.3. The van der Waals surface area contributed by atoms with Gasteiger partial charge < -0.3 is 18.7 Å². The smallest absolute Gasteiger partial charge is 0.330 e. The summed E-state index contributed by atoms with van der Waals surface area (Å²) < 4.78 is 18.7. The topological polar surface area (TPSA) is 103 Å². The van der Waals surface area contributed by atoms with Crippen LogP contribution < -0.4 is 11.2 Å². The lowest BCUT2D eigenvalue weighted by atomic mass is 9.87. The molecule has 27 heavy (non-hydrogen) atoms. The summed E-state index contributed by atoms with van der Waals surface area (Å²) in [5.41, 5.74) is -1.76. The van der Waals surface area contributed by atoms with E-state index in [1.807, 2.05) is 0 Å². The molecule has 4 atom stereocenters. The summed E-state index contributed by atoms with van der Waals surface area (Å²) in [6, 6.07) is 1.26. The highest BCUT2D eigenvalue weighted by molar-refractivity contribution is 8.07. The van der Waals surface area contributed by atoms with Crippen molar-refractivity contribution in [2.24, 2.45) is 5.41 Å². The molecule has 1 saturated heterocycles. The number of ether oxygens (including phenoxy) is 1. The third-order valence-electron chi connectivity index (χ3n) is 3.81. The lowest BCUT2D eigenvalue weighted by molar-refractivity contribution is -0.0388. The molecule has 2 N–H and O–H groups in total. The molecular formula is C17H29N2O6PS. The monoisotopic (exact) mass is 420 g/mol. The molecule has 0 amide bonds. The summed E-state index contributed by atoms with van der Waals surface area (Å²) in [5, 5.41) is 0. The second-order valence-corrected chi connectivity index (χ2v) is 11.7. The fourth-order valence-corrected chi connectivity index (χ4v) is 5.26. The van der Waals surface area contributed by atoms with Gasteiger partial charge in [0.15, 0.2) is 0 Å². The SMILES string of the molecule is CC(C)(C)C[C@H]1O[C@@H](n2ccc(=O)[nH]c2=O)C[C@H]1OP(O)(=S)OC(C)(C)C. The van der Waals surface area contributed by atoms with Gasteiger partial charge in [0.1, 0.15) is 6.23 Å². The minimum Gasteiger partial charge on any atom is -0.352 e. The van der Waals surface area contributed by atoms with Gasteiger partial charge in [0.2, 0.25) is 0 Å². The third-order valence-corrected chi connectivity index (χ3v) is 5.61. The van der Waals surface area contributed by atoms with Gasteiger partial charge in [-0.1, -0.05) is 20.8 Å². The Bertz CT molecular complexity index is 822. The standard InChI is InChI=1S/C17H29N2O6PS/c1-16(2,3)10-12-11(24-26(22,27)25-17(4,5)6)9-14(23-12)19-8-7-13(20)18-15(19)21/h7-8,11-12,14H,9-10H2,1-6H3,(H,22,27)(H,18,20,21)/t11-,12-,14-,26?/m1/s1. The number of aromatic nitrogens is 2. The van der Waals surface area contributed by atoms with Crippen molar-refractivity contribution >= 4 is 18.5 Å². The zero-order chi connectivity index (χ0) is 20.6. The van der Waals surface area contributed by atoms with E-state index in [-0.39, 0.29) is 11.5 Å². The molecule has 0 aliphatic carbocycles. The lowest BCUT2D eigenvalue weighted by Gasteiger charge is -2.31. The third kappa shape index (κ3) is 6.93. The highest BCUT2D eigenvalue weighted by atomic mass is 32.5. The number of aromatic amines is 1. The molecule has 0 spiro atoms. The van der Waals surface area contributed by atoms with Crippen molar-refractivity contribution < 1.29 is 18.7 Å². The average molecular weight is 420 g/mol. The number of nitrogens with zero attached hydrogens (tertiary/aromatic N) is 1. The van der Waals surface area contributed by atoms with Crippen LogP contribution in [0.5, 0.6) is 0 Å². The van der Waals surface area contributed by atoms with Crippen LogP contribution in [0.1, 0.15) is 60.6 Å². The molecule has 1 unspecified atom stereocenters. The fraction of sp³-hybridized carbons (Fsp3) is 0.765. The van der Waals surface area contributed by atoms with Gasteiger partial charge in [-0.3, -0.25) is 14.3 Å². The van der Waals surface area contributed by atoms with Crippen molar-refractivity contribution in [1.29, 1.82) is 0 Å². The summed E-state index contributed by atoms with van der Waals surface area (Å²) in [7, 11) is 0. The minimum atomic E-state index is -3.50. The Hall–Kier alpha value is -0.830. The molecule has 2 rings (SSSR count). The molecule has 0 radical (unpaired) electrons. The van der Waals surface area contributed by atoms with E-state index in [9.17, 15) is 14.5 Å². The van der Waals surface area contributed by atoms with E-state index in [0.717, 1.165) is 0 Å². The summed E-state index contributed by atoms with van der Waals surface area (Å²) in [6.07, 6.45) is 0.786. The van der Waals surface area contributed by atoms with Gasteiger partial charge in [-0.25, -0.2) is 4.79 Å². The number of H-pyrrole nitrogens is 1. The van der Waals surface area contributed by atoms with E-state index in [1.54, 1.807) is 20.8 Å². The van der Waals surface area contributed by atoms with E-state index in [0.29, 0.717) is 12.8 Å². The zero-order valence-electron chi connectivity index (χ0n) is 16.6. The summed E-state index contributed by atoms with van der Waals surface area (Å²) in [6.45, 7) is 8.05. The molecule has 1 fully saturated rings. The molecule has 0 bridgehead atoms. The van der Waals surface area contributed by atoms with Crippen molar-refractivity contribution in [3.05, 3.63) is 33.1 Å². The molecule has 10 heteroatoms. The van der Waals surface area contributed by atoms with Crippen LogP contribution in [0, 0.1) is 5.41 Å². The Morgan fingerprint density at radius 3 is 2.48 bits per heavy atom. The van der Waals surface area contributed by atoms with Crippen molar-refractivity contribution in [3.8, 4) is 0 Å². The molecule has 8 nitrogen and oxygen atoms in total. The fourth-order valence-electron chi connectivity index (χ4n) is 2.96. The van der Waals surface area contributed by atoms with Crippen LogP contribution in [0.3, 0.4) is 0 Å². The summed E-state index contributed by atoms with van der Waals surface area (Å²) in [5.74, 6) is 0. The van der Waals surface area contributed by atoms with Gasteiger partial charge in [0.05, 0.1) is 17.8 Å². The first-order valence-electron chi connectivity index (χ1n) is 8.84. The molecule has 1 aromatic rings. The van der Waals surface area contributed by atoms with Crippen molar-refractivity contribution in [2.45, 2.75) is 78.4 Å². The van der Waals surface area contributed by atoms with Crippen LogP contribution in [0.25, 0.3) is 0 Å². The Morgan fingerprint density at radius 1 is 1.33 bits per heavy atom. The second kappa shape index (κ2) is 7.89. The number of hydrogen-bond donors (Lipinski definition) is 2. The number of hydrogen-bond acceptors (Lipinski definition) is 6. The molecule has 2 heterocycles. The minimum absolute atomic E-state index is 0.0694. The van der Waals surface area contributed by atoms with Gasteiger partial charge in [-0.15, -0.1) is 0 Å². The van der Waals surface area contributed by atoms with Gasteiger partial charge in [0, 0.05) is 18.7 Å². The van der Waals surface area contributed by atoms with Gasteiger partial charge >= 0.3 is 12.4 Å². The first kappa shape index (κ1) is 22.5. The highest BCUT2D eigenvalue weighted by Gasteiger charge is 2.42. The molecule has 1 aromatic heterocycles. The second-order valence-electron chi connectivity index (χ2n) is 8.96. The highest BCUT2D eigenvalue weighted by Crippen LogP contribution is 2.52. The molecule has 1 aliphatic heterocycles. The van der Waals surface area contributed by atoms with Crippen molar-refractivity contribution in [1.82, 2.24) is 9.55 Å². The predicted octanol–water partition coefficient (Wildman–Crippen LogP) is 2.68. The maximum atomic E-state index is 12.1. The summed E-state index contributed by atoms with van der Waals surface area (Å²) in [4.78, 5) is 36.1. The number of rotatable bonds is 5. The van der Waals surface area contributed by atoms with Gasteiger partial charge in [-0.2, -0.15) is 0 Å². The van der Waals surface area contributed by atoms with Crippen molar-refractivity contribution in [2.75, 3.05) is 0 Å². The Morgan fingerprint density at radius 2 is 1.96 bits per heavy atom. The van der Waals surface area contributed by atoms with E-state index in [1.165, 1.54) is 16.8 Å². The van der Waals surface area contributed by atoms with Crippen molar-refractivity contribution in [3.63, 3.8) is 0 Å². The number of nitrogens with one attached hydrogen (secondary N) is 1. The van der Waals surface area contributed by atoms with Crippen LogP contribution >= 0.6 is 6.72 Å². The van der Waals surface area contributed by atoms with Crippen LogP contribution in [-0.4, -0.2) is 32.3 Å². The lowest BCUT2D eigenvalue weighted by Crippen LogP contribution is -2.31. The predicted molar refractivity (Wildman–Crippen MR) is 106 cm³/mol. The van der Waals surface area contributed by atoms with E-state index < -0.39 is 35.9 Å². The van der Waals surface area contributed by atoms with Crippen LogP contribution in [0.15, 0.2) is 21.9 Å². The maximum absolute atomic E-state index is 12.1. The summed E-state index contributed by atoms with van der Waals surface area (Å²) >= 11 is 5.17. The molecule has 0 saturated carbocycles.